The van der Waals surface area contributed by atoms with Crippen molar-refractivity contribution in [1.82, 2.24) is 34.4 Å². The van der Waals surface area contributed by atoms with Gasteiger partial charge in [-0.2, -0.15) is 10.4 Å². The number of rotatable bonds is 8. The number of likely N-dealkylation sites (tertiary alicyclic amines) is 1. The van der Waals surface area contributed by atoms with Crippen molar-refractivity contribution in [2.24, 2.45) is 0 Å². The molecule has 1 atom stereocenters. The van der Waals surface area contributed by atoms with Crippen molar-refractivity contribution in [3.63, 3.8) is 0 Å². The monoisotopic (exact) mass is 647 g/mol. The summed E-state index contributed by atoms with van der Waals surface area (Å²) in [6.45, 7) is 10.4. The first-order chi connectivity index (χ1) is 23.3. The summed E-state index contributed by atoms with van der Waals surface area (Å²) >= 11 is 0. The number of hydrogen-bond acceptors (Lipinski definition) is 10. The van der Waals surface area contributed by atoms with Gasteiger partial charge < -0.3 is 20.1 Å². The molecule has 5 heterocycles. The van der Waals surface area contributed by atoms with Crippen LogP contribution in [0.4, 0.5) is 5.82 Å². The minimum atomic E-state index is -0.443. The molecule has 2 N–H and O–H groups in total. The lowest BCUT2D eigenvalue weighted by Crippen LogP contribution is -2.59. The van der Waals surface area contributed by atoms with Gasteiger partial charge >= 0.3 is 0 Å². The number of amides is 1. The summed E-state index contributed by atoms with van der Waals surface area (Å²) in [4.78, 5) is 29.3. The van der Waals surface area contributed by atoms with Crippen LogP contribution in [-0.4, -0.2) is 104 Å². The van der Waals surface area contributed by atoms with Crippen LogP contribution in [0.2, 0.25) is 0 Å². The number of nitriles is 1. The number of nitrogen functional groups attached to an aromatic ring is 1. The number of piperazine rings is 1. The maximum Gasteiger partial charge on any atom is 0.264 e. The highest BCUT2D eigenvalue weighted by Crippen LogP contribution is 2.35. The van der Waals surface area contributed by atoms with Gasteiger partial charge in [-0.1, -0.05) is 18.2 Å². The minimum absolute atomic E-state index is 0.148. The molecule has 0 unspecified atom stereocenters. The van der Waals surface area contributed by atoms with Crippen molar-refractivity contribution in [2.45, 2.75) is 44.3 Å². The van der Waals surface area contributed by atoms with Crippen LogP contribution in [0.1, 0.15) is 32.7 Å². The van der Waals surface area contributed by atoms with Gasteiger partial charge in [0.05, 0.1) is 30.7 Å². The highest BCUT2D eigenvalue weighted by atomic mass is 16.5. The van der Waals surface area contributed by atoms with E-state index in [1.165, 1.54) is 6.33 Å². The van der Waals surface area contributed by atoms with Gasteiger partial charge in [-0.15, -0.1) is 0 Å². The first-order valence-corrected chi connectivity index (χ1v) is 16.6. The van der Waals surface area contributed by atoms with Crippen molar-refractivity contribution in [2.75, 3.05) is 58.2 Å². The lowest BCUT2D eigenvalue weighted by atomic mass is 9.96. The molecule has 7 rings (SSSR count). The van der Waals surface area contributed by atoms with E-state index >= 15 is 0 Å². The van der Waals surface area contributed by atoms with Crippen LogP contribution in [-0.2, 0) is 9.53 Å². The molecule has 0 bridgehead atoms. The second-order valence-corrected chi connectivity index (χ2v) is 13.3. The number of carbonyl (C=O) groups is 1. The molecule has 48 heavy (non-hydrogen) atoms. The van der Waals surface area contributed by atoms with Crippen LogP contribution in [0.15, 0.2) is 72.6 Å². The molecule has 0 spiro atoms. The second kappa shape index (κ2) is 13.4. The lowest BCUT2D eigenvalue weighted by molar-refractivity contribution is -0.128. The molecule has 3 fully saturated rings. The Kier molecular flexibility index (Phi) is 8.83. The van der Waals surface area contributed by atoms with Crippen molar-refractivity contribution < 1.29 is 14.3 Å². The number of para-hydroxylation sites is 1. The molecule has 0 radical (unpaired) electrons. The normalized spacial score (nSPS) is 20.0. The molecule has 2 aromatic carbocycles. The SMILES string of the molecule is CC(C)(C=C(C#N)C(=O)N1CCC[C@H](n2nc(-c3ccc(Oc4ccccc4)cc3)c3c(N)ncnc32)C1)N1CCN(C2COC2)CC1. The molecule has 12 nitrogen and oxygen atoms in total. The standard InChI is InChI=1S/C36H41N9O3/c1-36(2,44-17-15-42(16-18-44)28-22-47-23-28)19-26(20-37)35(46)43-14-6-7-27(21-43)45-34-31(33(38)39-24-40-34)32(41-45)25-10-12-30(13-11-25)48-29-8-4-3-5-9-29/h3-5,8-13,19,24,27-28H,6-7,14-18,21-23H2,1-2H3,(H2,38,39,40)/t27-/m0/s1. The smallest absolute Gasteiger partial charge is 0.264 e. The first kappa shape index (κ1) is 31.8. The van der Waals surface area contributed by atoms with Gasteiger partial charge in [0, 0.05) is 50.4 Å². The highest BCUT2D eigenvalue weighted by molar-refractivity contribution is 5.99. The number of carbonyl (C=O) groups excluding carboxylic acids is 1. The number of hydrogen-bond donors (Lipinski definition) is 1. The molecule has 2 aromatic heterocycles. The van der Waals surface area contributed by atoms with Crippen molar-refractivity contribution in [3.05, 3.63) is 72.6 Å². The Labute approximate surface area is 280 Å². The summed E-state index contributed by atoms with van der Waals surface area (Å²) < 4.78 is 13.2. The van der Waals surface area contributed by atoms with Gasteiger partial charge in [-0.05, 0) is 69.2 Å². The van der Waals surface area contributed by atoms with Gasteiger partial charge in [0.1, 0.15) is 41.0 Å². The van der Waals surface area contributed by atoms with E-state index in [0.29, 0.717) is 47.4 Å². The molecule has 3 aliphatic rings. The Hall–Kier alpha value is -4.83. The van der Waals surface area contributed by atoms with Crippen molar-refractivity contribution in [3.8, 4) is 28.8 Å². The summed E-state index contributed by atoms with van der Waals surface area (Å²) in [5, 5.41) is 15.9. The molecule has 1 amide bonds. The van der Waals surface area contributed by atoms with Crippen molar-refractivity contribution in [1.29, 1.82) is 5.26 Å². The van der Waals surface area contributed by atoms with Crippen LogP contribution in [0.25, 0.3) is 22.3 Å². The zero-order chi connectivity index (χ0) is 33.3. The van der Waals surface area contributed by atoms with Gasteiger partial charge in [0.2, 0.25) is 0 Å². The molecule has 3 aliphatic heterocycles. The molecule has 12 heteroatoms. The molecular formula is C36H41N9O3. The van der Waals surface area contributed by atoms with Crippen LogP contribution >= 0.6 is 0 Å². The summed E-state index contributed by atoms with van der Waals surface area (Å²) in [6, 6.07) is 19.9. The number of anilines is 1. The Balaban J connectivity index is 1.09. The van der Waals surface area contributed by atoms with E-state index < -0.39 is 5.54 Å². The number of aromatic nitrogens is 4. The largest absolute Gasteiger partial charge is 0.457 e. The second-order valence-electron chi connectivity index (χ2n) is 13.3. The number of fused-ring (bicyclic) bond motifs is 1. The van der Waals surface area contributed by atoms with Gasteiger partial charge in [-0.25, -0.2) is 14.6 Å². The van der Waals surface area contributed by atoms with Gasteiger partial charge in [-0.3, -0.25) is 14.6 Å². The molecular weight excluding hydrogens is 606 g/mol. The predicted molar refractivity (Wildman–Crippen MR) is 182 cm³/mol. The average molecular weight is 648 g/mol. The Bertz CT molecular complexity index is 1840. The quantitative estimate of drug-likeness (QED) is 0.218. The Morgan fingerprint density at radius 3 is 2.42 bits per heavy atom. The number of piperidine rings is 1. The van der Waals surface area contributed by atoms with Gasteiger partial charge in [0.25, 0.3) is 5.91 Å². The van der Waals surface area contributed by atoms with E-state index in [2.05, 4.69) is 39.7 Å². The van der Waals surface area contributed by atoms with Crippen LogP contribution in [0.5, 0.6) is 11.5 Å². The predicted octanol–water partition coefficient (Wildman–Crippen LogP) is 4.28. The zero-order valence-electron chi connectivity index (χ0n) is 27.5. The van der Waals surface area contributed by atoms with E-state index in [1.54, 1.807) is 4.90 Å². The molecule has 3 saturated heterocycles. The summed E-state index contributed by atoms with van der Waals surface area (Å²) in [5.41, 5.74) is 8.27. The van der Waals surface area contributed by atoms with Crippen LogP contribution < -0.4 is 10.5 Å². The summed E-state index contributed by atoms with van der Waals surface area (Å²) in [5.74, 6) is 1.55. The third-order valence-electron chi connectivity index (χ3n) is 9.77. The fourth-order valence-corrected chi connectivity index (χ4v) is 6.95. The maximum absolute atomic E-state index is 13.9. The molecule has 0 saturated carbocycles. The van der Waals surface area contributed by atoms with Gasteiger partial charge in [0.15, 0.2) is 5.65 Å². The molecule has 248 valence electrons. The Morgan fingerprint density at radius 2 is 1.73 bits per heavy atom. The average Bonchev–Trinajstić information content (AvgIpc) is 3.48. The number of ether oxygens (including phenoxy) is 2. The molecule has 4 aromatic rings. The summed E-state index contributed by atoms with van der Waals surface area (Å²) in [7, 11) is 0. The van der Waals surface area contributed by atoms with E-state index in [9.17, 15) is 10.1 Å². The van der Waals surface area contributed by atoms with E-state index in [1.807, 2.05) is 65.4 Å². The zero-order valence-corrected chi connectivity index (χ0v) is 27.5. The van der Waals surface area contributed by atoms with E-state index in [-0.39, 0.29) is 17.5 Å². The first-order valence-electron chi connectivity index (χ1n) is 16.6. The van der Waals surface area contributed by atoms with Crippen LogP contribution in [0, 0.1) is 11.3 Å². The number of benzene rings is 2. The third kappa shape index (κ3) is 6.36. The fourth-order valence-electron chi connectivity index (χ4n) is 6.95. The lowest BCUT2D eigenvalue weighted by Gasteiger charge is -2.46. The molecule has 0 aliphatic carbocycles. The van der Waals surface area contributed by atoms with E-state index in [0.717, 1.165) is 63.5 Å². The number of nitrogens with two attached hydrogens (primary N) is 1. The minimum Gasteiger partial charge on any atom is -0.457 e. The van der Waals surface area contributed by atoms with E-state index in [4.69, 9.17) is 20.3 Å². The Morgan fingerprint density at radius 1 is 1.00 bits per heavy atom. The topological polar surface area (TPSA) is 139 Å². The fraction of sp³-hybridized carbons (Fsp3) is 0.417. The highest BCUT2D eigenvalue weighted by Gasteiger charge is 2.35. The number of nitrogens with zero attached hydrogens (tertiary/aromatic N) is 8. The van der Waals surface area contributed by atoms with Crippen LogP contribution in [0.3, 0.4) is 0 Å². The van der Waals surface area contributed by atoms with Crippen molar-refractivity contribution >= 4 is 22.8 Å². The summed E-state index contributed by atoms with van der Waals surface area (Å²) in [6.07, 6.45) is 4.87. The third-order valence-corrected chi connectivity index (χ3v) is 9.77. The maximum atomic E-state index is 13.9.